The molecular formula is C15H13F2NO2. The average Bonchev–Trinajstić information content (AvgIpc) is 2.46. The lowest BCUT2D eigenvalue weighted by Gasteiger charge is -2.11. The molecule has 1 heterocycles. The van der Waals surface area contributed by atoms with Crippen LogP contribution in [0.25, 0.3) is 0 Å². The van der Waals surface area contributed by atoms with Gasteiger partial charge in [0.05, 0.1) is 0 Å². The van der Waals surface area contributed by atoms with Gasteiger partial charge in [0.1, 0.15) is 5.75 Å². The molecule has 0 aliphatic carbocycles. The molecule has 104 valence electrons. The number of aromatic nitrogens is 1. The Hall–Kier alpha value is -2.30. The highest BCUT2D eigenvalue weighted by Crippen LogP contribution is 2.23. The highest BCUT2D eigenvalue weighted by atomic mass is 19.3. The molecule has 2 aromatic rings. The molecule has 5 heteroatoms. The standard InChI is InChI=1S/C15H13F2NO2/c1-10(11-5-7-18-8-6-11)14(19)12-3-2-4-13(9-12)20-15(16)17/h2-10,15H,1H3. The van der Waals surface area contributed by atoms with Gasteiger partial charge in [-0.15, -0.1) is 0 Å². The number of pyridine rings is 1. The number of Topliss-reactive ketones (excluding diaryl/α,β-unsaturated/α-hetero) is 1. The fraction of sp³-hybridized carbons (Fsp3) is 0.200. The van der Waals surface area contributed by atoms with E-state index in [4.69, 9.17) is 0 Å². The van der Waals surface area contributed by atoms with Crippen molar-refractivity contribution in [1.82, 2.24) is 4.98 Å². The molecule has 0 spiro atoms. The summed E-state index contributed by atoms with van der Waals surface area (Å²) in [5, 5.41) is 0. The third-order valence-electron chi connectivity index (χ3n) is 2.94. The van der Waals surface area contributed by atoms with Crippen LogP contribution < -0.4 is 4.74 Å². The van der Waals surface area contributed by atoms with Crippen LogP contribution in [-0.2, 0) is 0 Å². The second kappa shape index (κ2) is 6.23. The highest BCUT2D eigenvalue weighted by Gasteiger charge is 2.18. The Bertz CT molecular complexity index is 587. The molecule has 0 aliphatic heterocycles. The molecule has 1 unspecified atom stereocenters. The molecule has 1 aromatic heterocycles. The van der Waals surface area contributed by atoms with Crippen molar-refractivity contribution in [3.05, 3.63) is 59.9 Å². The van der Waals surface area contributed by atoms with Crippen molar-refractivity contribution in [3.8, 4) is 5.75 Å². The van der Waals surface area contributed by atoms with Crippen molar-refractivity contribution >= 4 is 5.78 Å². The van der Waals surface area contributed by atoms with Gasteiger partial charge in [0.15, 0.2) is 5.78 Å². The van der Waals surface area contributed by atoms with Crippen LogP contribution in [0.5, 0.6) is 5.75 Å². The van der Waals surface area contributed by atoms with E-state index in [1.165, 1.54) is 18.2 Å². The number of carbonyl (C=O) groups is 1. The van der Waals surface area contributed by atoms with Gasteiger partial charge in [0, 0.05) is 23.9 Å². The Kier molecular flexibility index (Phi) is 4.40. The fourth-order valence-corrected chi connectivity index (χ4v) is 1.88. The van der Waals surface area contributed by atoms with E-state index in [9.17, 15) is 13.6 Å². The summed E-state index contributed by atoms with van der Waals surface area (Å²) in [7, 11) is 0. The molecule has 0 bridgehead atoms. The van der Waals surface area contributed by atoms with Gasteiger partial charge in [-0.25, -0.2) is 0 Å². The first-order chi connectivity index (χ1) is 9.58. The predicted molar refractivity (Wildman–Crippen MR) is 70.1 cm³/mol. The van der Waals surface area contributed by atoms with E-state index in [1.807, 2.05) is 0 Å². The Labute approximate surface area is 115 Å². The summed E-state index contributed by atoms with van der Waals surface area (Å²) in [4.78, 5) is 16.2. The van der Waals surface area contributed by atoms with E-state index in [-0.39, 0.29) is 17.5 Å². The topological polar surface area (TPSA) is 39.2 Å². The zero-order chi connectivity index (χ0) is 14.5. The van der Waals surface area contributed by atoms with Crippen LogP contribution in [0.2, 0.25) is 0 Å². The van der Waals surface area contributed by atoms with Gasteiger partial charge in [-0.05, 0) is 29.8 Å². The van der Waals surface area contributed by atoms with Crippen LogP contribution in [-0.4, -0.2) is 17.4 Å². The van der Waals surface area contributed by atoms with Gasteiger partial charge >= 0.3 is 6.61 Å². The van der Waals surface area contributed by atoms with E-state index in [2.05, 4.69) is 9.72 Å². The fourth-order valence-electron chi connectivity index (χ4n) is 1.88. The molecule has 2 rings (SSSR count). The summed E-state index contributed by atoms with van der Waals surface area (Å²) in [6.45, 7) is -1.14. The number of benzene rings is 1. The van der Waals surface area contributed by atoms with Crippen molar-refractivity contribution in [2.24, 2.45) is 0 Å². The lowest BCUT2D eigenvalue weighted by atomic mass is 9.93. The number of rotatable bonds is 5. The number of hydrogen-bond donors (Lipinski definition) is 0. The third kappa shape index (κ3) is 3.38. The molecule has 1 aromatic carbocycles. The number of nitrogens with zero attached hydrogens (tertiary/aromatic N) is 1. The summed E-state index contributed by atoms with van der Waals surface area (Å²) in [5.41, 5.74) is 1.16. The van der Waals surface area contributed by atoms with Crippen molar-refractivity contribution in [1.29, 1.82) is 0 Å². The zero-order valence-corrected chi connectivity index (χ0v) is 10.8. The number of ketones is 1. The number of carbonyl (C=O) groups excluding carboxylic acids is 1. The van der Waals surface area contributed by atoms with Gasteiger partial charge < -0.3 is 4.74 Å². The average molecular weight is 277 g/mol. The largest absolute Gasteiger partial charge is 0.435 e. The molecule has 0 N–H and O–H groups in total. The zero-order valence-electron chi connectivity index (χ0n) is 10.8. The van der Waals surface area contributed by atoms with E-state index < -0.39 is 6.61 Å². The van der Waals surface area contributed by atoms with E-state index in [0.29, 0.717) is 5.56 Å². The summed E-state index contributed by atoms with van der Waals surface area (Å²) >= 11 is 0. The molecule has 0 saturated carbocycles. The first-order valence-corrected chi connectivity index (χ1v) is 6.07. The summed E-state index contributed by atoms with van der Waals surface area (Å²) < 4.78 is 28.6. The monoisotopic (exact) mass is 277 g/mol. The Balaban J connectivity index is 2.21. The van der Waals surface area contributed by atoms with Crippen LogP contribution in [0.3, 0.4) is 0 Å². The molecular weight excluding hydrogens is 264 g/mol. The smallest absolute Gasteiger partial charge is 0.387 e. The Morgan fingerprint density at radius 1 is 1.20 bits per heavy atom. The molecule has 0 fully saturated rings. The SMILES string of the molecule is CC(C(=O)c1cccc(OC(F)F)c1)c1ccncc1. The molecule has 0 radical (unpaired) electrons. The van der Waals surface area contributed by atoms with Gasteiger partial charge in [-0.3, -0.25) is 9.78 Å². The summed E-state index contributed by atoms with van der Waals surface area (Å²) in [5.74, 6) is -0.552. The molecule has 1 atom stereocenters. The van der Waals surface area contributed by atoms with Crippen molar-refractivity contribution < 1.29 is 18.3 Å². The first kappa shape index (κ1) is 14.1. The maximum absolute atomic E-state index is 12.3. The van der Waals surface area contributed by atoms with Crippen LogP contribution >= 0.6 is 0 Å². The number of alkyl halides is 2. The Morgan fingerprint density at radius 3 is 2.55 bits per heavy atom. The van der Waals surface area contributed by atoms with Crippen LogP contribution in [0.1, 0.15) is 28.8 Å². The van der Waals surface area contributed by atoms with Gasteiger partial charge in [-0.2, -0.15) is 8.78 Å². The second-order valence-corrected chi connectivity index (χ2v) is 4.27. The molecule has 20 heavy (non-hydrogen) atoms. The molecule has 0 amide bonds. The lowest BCUT2D eigenvalue weighted by Crippen LogP contribution is -2.10. The minimum absolute atomic E-state index is 0.0206. The van der Waals surface area contributed by atoms with Crippen molar-refractivity contribution in [2.45, 2.75) is 19.5 Å². The van der Waals surface area contributed by atoms with Crippen LogP contribution in [0.15, 0.2) is 48.8 Å². The summed E-state index contributed by atoms with van der Waals surface area (Å²) in [6.07, 6.45) is 3.21. The maximum Gasteiger partial charge on any atom is 0.387 e. The molecule has 3 nitrogen and oxygen atoms in total. The normalized spacial score (nSPS) is 12.2. The predicted octanol–water partition coefficient (Wildman–Crippen LogP) is 3.67. The maximum atomic E-state index is 12.3. The van der Waals surface area contributed by atoms with Crippen molar-refractivity contribution in [3.63, 3.8) is 0 Å². The van der Waals surface area contributed by atoms with Gasteiger partial charge in [0.2, 0.25) is 0 Å². The van der Waals surface area contributed by atoms with E-state index in [1.54, 1.807) is 37.5 Å². The molecule has 0 saturated heterocycles. The van der Waals surface area contributed by atoms with Gasteiger partial charge in [-0.1, -0.05) is 19.1 Å². The summed E-state index contributed by atoms with van der Waals surface area (Å²) in [6, 6.07) is 9.32. The minimum Gasteiger partial charge on any atom is -0.435 e. The van der Waals surface area contributed by atoms with Crippen LogP contribution in [0.4, 0.5) is 8.78 Å². The van der Waals surface area contributed by atoms with E-state index in [0.717, 1.165) is 5.56 Å². The molecule has 0 aliphatic rings. The Morgan fingerprint density at radius 2 is 1.90 bits per heavy atom. The van der Waals surface area contributed by atoms with Crippen LogP contribution in [0, 0.1) is 0 Å². The lowest BCUT2D eigenvalue weighted by molar-refractivity contribution is -0.0498. The third-order valence-corrected chi connectivity index (χ3v) is 2.94. The van der Waals surface area contributed by atoms with Gasteiger partial charge in [0.25, 0.3) is 0 Å². The second-order valence-electron chi connectivity index (χ2n) is 4.27. The number of halogens is 2. The quantitative estimate of drug-likeness (QED) is 0.783. The van der Waals surface area contributed by atoms with Crippen molar-refractivity contribution in [2.75, 3.05) is 0 Å². The number of ether oxygens (including phenoxy) is 1. The minimum atomic E-state index is -2.90. The first-order valence-electron chi connectivity index (χ1n) is 6.07. The highest BCUT2D eigenvalue weighted by molar-refractivity contribution is 6.00. The number of hydrogen-bond acceptors (Lipinski definition) is 3. The van der Waals surface area contributed by atoms with E-state index >= 15 is 0 Å².